The molecule has 3 N–H and O–H groups in total. The Kier molecular flexibility index (Phi) is 21.0. The molecule has 3 fully saturated rings. The SMILES string of the molecule is CO[C@H]1CC2CC[C@@H](C)[C@@](O)(O2)C(=O)C(=O)N2CCCC[C@H]2C(=O)O[C@H](C(C)CC2CC[C@@H](O)[C@H](OC)C2)CC(=O)C(C)=CC(C)[C@@H](O)[C@@H](OC)C(=O)[C@H](C)C[C@H](C)C=CC=CC=C1C. The second-order valence-electron chi connectivity index (χ2n) is 19.6. The van der Waals surface area contributed by atoms with E-state index in [0.29, 0.717) is 63.4 Å². The van der Waals surface area contributed by atoms with Crippen molar-refractivity contribution in [2.45, 2.75) is 180 Å². The number of hydrogen-bond donors (Lipinski definition) is 3. The molecule has 4 aliphatic rings. The number of aliphatic hydroxyl groups excluding tert-OH is 2. The smallest absolute Gasteiger partial charge is 0.329 e. The first-order valence-corrected chi connectivity index (χ1v) is 23.9. The van der Waals surface area contributed by atoms with E-state index >= 15 is 0 Å². The highest BCUT2D eigenvalue weighted by atomic mass is 16.6. The van der Waals surface area contributed by atoms with Gasteiger partial charge in [-0.15, -0.1) is 0 Å². The van der Waals surface area contributed by atoms with Crippen LogP contribution in [0, 0.1) is 35.5 Å². The molecule has 15 atom stereocenters. The van der Waals surface area contributed by atoms with Gasteiger partial charge in [-0.2, -0.15) is 0 Å². The molecule has 0 aromatic heterocycles. The Morgan fingerprint density at radius 3 is 2.26 bits per heavy atom. The van der Waals surface area contributed by atoms with Gasteiger partial charge >= 0.3 is 5.97 Å². The van der Waals surface area contributed by atoms with Gasteiger partial charge < -0.3 is 43.9 Å². The summed E-state index contributed by atoms with van der Waals surface area (Å²) in [6.07, 6.45) is 11.2. The average Bonchev–Trinajstić information content (AvgIpc) is 3.28. The van der Waals surface area contributed by atoms with Crippen LogP contribution in [-0.2, 0) is 47.7 Å². The molecular weight excluding hydrogens is 835 g/mol. The number of cyclic esters (lactones) is 1. The first-order valence-electron chi connectivity index (χ1n) is 23.9. The topological polar surface area (TPSA) is 195 Å². The predicted octanol–water partition coefficient (Wildman–Crippen LogP) is 6.18. The van der Waals surface area contributed by atoms with Gasteiger partial charge in [0.15, 0.2) is 11.6 Å². The van der Waals surface area contributed by atoms with Crippen molar-refractivity contribution in [3.8, 4) is 0 Å². The molecule has 1 saturated carbocycles. The van der Waals surface area contributed by atoms with Gasteiger partial charge in [-0.05, 0) is 107 Å². The number of esters is 1. The highest BCUT2D eigenvalue weighted by Crippen LogP contribution is 2.38. The van der Waals surface area contributed by atoms with Gasteiger partial charge in [-0.1, -0.05) is 71.1 Å². The molecule has 0 aromatic carbocycles. The molecule has 14 nitrogen and oxygen atoms in total. The second-order valence-corrected chi connectivity index (χ2v) is 19.6. The summed E-state index contributed by atoms with van der Waals surface area (Å²) in [5, 5.41) is 33.9. The number of nitrogens with zero attached hydrogens (tertiary/aromatic N) is 1. The number of fused-ring (bicyclic) bond motifs is 3. The quantitative estimate of drug-likeness (QED) is 0.202. The minimum Gasteiger partial charge on any atom is -0.460 e. The lowest BCUT2D eigenvalue weighted by Gasteiger charge is -2.42. The molecule has 4 rings (SSSR count). The Hall–Kier alpha value is -3.37. The van der Waals surface area contributed by atoms with Crippen LogP contribution in [0.1, 0.15) is 126 Å². The monoisotopic (exact) mass is 914 g/mol. The number of piperidine rings is 1. The van der Waals surface area contributed by atoms with E-state index in [4.69, 9.17) is 23.7 Å². The summed E-state index contributed by atoms with van der Waals surface area (Å²) in [6.45, 7) is 12.7. The van der Waals surface area contributed by atoms with Crippen molar-refractivity contribution in [1.82, 2.24) is 4.90 Å². The number of ether oxygens (including phenoxy) is 5. The maximum Gasteiger partial charge on any atom is 0.329 e. The minimum absolute atomic E-state index is 0.0220. The van der Waals surface area contributed by atoms with Crippen LogP contribution in [0.15, 0.2) is 47.6 Å². The third-order valence-corrected chi connectivity index (χ3v) is 14.5. The van der Waals surface area contributed by atoms with Gasteiger partial charge in [0.1, 0.15) is 18.2 Å². The number of ketones is 3. The molecule has 65 heavy (non-hydrogen) atoms. The molecule has 2 bridgehead atoms. The lowest BCUT2D eigenvalue weighted by atomic mass is 9.78. The van der Waals surface area contributed by atoms with Crippen LogP contribution in [0.25, 0.3) is 0 Å². The van der Waals surface area contributed by atoms with Gasteiger partial charge in [0.05, 0.1) is 30.5 Å². The molecular formula is C51H79NO13. The van der Waals surface area contributed by atoms with Gasteiger partial charge in [0, 0.05) is 58.5 Å². The largest absolute Gasteiger partial charge is 0.460 e. The van der Waals surface area contributed by atoms with Crippen LogP contribution >= 0.6 is 0 Å². The van der Waals surface area contributed by atoms with E-state index < -0.39 is 83.9 Å². The van der Waals surface area contributed by atoms with E-state index in [2.05, 4.69) is 0 Å². The van der Waals surface area contributed by atoms with Crippen molar-refractivity contribution < 1.29 is 63.0 Å². The number of aliphatic hydroxyl groups is 3. The van der Waals surface area contributed by atoms with Crippen molar-refractivity contribution in [2.24, 2.45) is 35.5 Å². The van der Waals surface area contributed by atoms with Crippen LogP contribution < -0.4 is 0 Å². The first-order chi connectivity index (χ1) is 30.7. The van der Waals surface area contributed by atoms with Crippen LogP contribution in [0.3, 0.4) is 0 Å². The van der Waals surface area contributed by atoms with Gasteiger partial charge in [0.2, 0.25) is 5.79 Å². The Balaban J connectivity index is 1.70. The summed E-state index contributed by atoms with van der Waals surface area (Å²) in [6, 6.07) is -1.14. The highest BCUT2D eigenvalue weighted by molar-refractivity contribution is 6.39. The van der Waals surface area contributed by atoms with Gasteiger partial charge in [-0.3, -0.25) is 19.2 Å². The standard InChI is InChI=1S/C51H79NO13/c1-30-16-12-11-13-17-31(2)42(61-8)28-38-21-19-36(7)51(60,65-38)48(57)49(58)52-23-15-14-18-39(52)50(59)64-43(33(4)26-37-20-22-40(53)44(27-37)62-9)29-41(54)32(3)25-35(6)46(56)47(63-10)45(55)34(5)24-30/h11-13,16-17,25,30,33-40,42-44,46-47,53,56,60H,14-15,18-24,26-29H2,1-10H3/t30-,33?,34-,35?,36-,37?,38?,39+,40-,42+,43+,44-,46-,47+,51-/m1/s1. The van der Waals surface area contributed by atoms with Crippen LogP contribution in [0.5, 0.6) is 0 Å². The van der Waals surface area contributed by atoms with Gasteiger partial charge in [-0.25, -0.2) is 4.79 Å². The minimum atomic E-state index is -2.43. The van der Waals surface area contributed by atoms with Crippen LogP contribution in [0.2, 0.25) is 0 Å². The summed E-state index contributed by atoms with van der Waals surface area (Å²) in [5.41, 5.74) is 1.19. The van der Waals surface area contributed by atoms with Crippen molar-refractivity contribution in [3.05, 3.63) is 47.6 Å². The molecule has 0 radical (unpaired) electrons. The molecule has 14 heteroatoms. The fourth-order valence-corrected chi connectivity index (χ4v) is 10.1. The number of hydrogen-bond acceptors (Lipinski definition) is 13. The van der Waals surface area contributed by atoms with Crippen molar-refractivity contribution in [1.29, 1.82) is 0 Å². The Morgan fingerprint density at radius 1 is 0.862 bits per heavy atom. The predicted molar refractivity (Wildman–Crippen MR) is 245 cm³/mol. The zero-order valence-corrected chi connectivity index (χ0v) is 40.6. The van der Waals surface area contributed by atoms with Gasteiger partial charge in [0.25, 0.3) is 11.7 Å². The molecule has 1 aliphatic carbocycles. The summed E-state index contributed by atoms with van der Waals surface area (Å²) in [7, 11) is 4.53. The Bertz CT molecular complexity index is 1760. The Labute approximate surface area is 387 Å². The Morgan fingerprint density at radius 2 is 1.58 bits per heavy atom. The lowest BCUT2D eigenvalue weighted by Crippen LogP contribution is -2.61. The fourth-order valence-electron chi connectivity index (χ4n) is 10.1. The third-order valence-electron chi connectivity index (χ3n) is 14.5. The van der Waals surface area contributed by atoms with Crippen molar-refractivity contribution in [3.63, 3.8) is 0 Å². The molecule has 2 saturated heterocycles. The van der Waals surface area contributed by atoms with E-state index in [1.54, 1.807) is 41.1 Å². The lowest BCUT2D eigenvalue weighted by molar-refractivity contribution is -0.265. The fraction of sp³-hybridized carbons (Fsp3) is 0.745. The van der Waals surface area contributed by atoms with E-state index in [-0.39, 0.29) is 54.8 Å². The van der Waals surface area contributed by atoms with Crippen LogP contribution in [-0.4, -0.2) is 132 Å². The molecule has 1 amide bonds. The molecule has 3 heterocycles. The number of carbonyl (C=O) groups excluding carboxylic acids is 5. The van der Waals surface area contributed by atoms with E-state index in [1.165, 1.54) is 12.0 Å². The summed E-state index contributed by atoms with van der Waals surface area (Å²) < 4.78 is 29.4. The number of allylic oxidation sites excluding steroid dienone is 6. The summed E-state index contributed by atoms with van der Waals surface area (Å²) >= 11 is 0. The first kappa shape index (κ1) is 54.2. The number of rotatable bonds is 6. The summed E-state index contributed by atoms with van der Waals surface area (Å²) in [4.78, 5) is 71.7. The number of methoxy groups -OCH3 is 3. The third kappa shape index (κ3) is 14.3. The molecule has 3 aliphatic heterocycles. The highest BCUT2D eigenvalue weighted by Gasteiger charge is 2.53. The van der Waals surface area contributed by atoms with Crippen molar-refractivity contribution in [2.75, 3.05) is 27.9 Å². The number of amides is 1. The summed E-state index contributed by atoms with van der Waals surface area (Å²) in [5.74, 6) is -7.93. The van der Waals surface area contributed by atoms with E-state index in [0.717, 1.165) is 12.0 Å². The second kappa shape index (κ2) is 25.1. The van der Waals surface area contributed by atoms with E-state index in [9.17, 15) is 39.3 Å². The molecule has 0 spiro atoms. The maximum atomic E-state index is 14.4. The number of carbonyl (C=O) groups is 5. The zero-order chi connectivity index (χ0) is 48.2. The van der Waals surface area contributed by atoms with E-state index in [1.807, 2.05) is 58.1 Å². The van der Waals surface area contributed by atoms with Crippen molar-refractivity contribution >= 4 is 29.2 Å². The molecule has 0 aromatic rings. The number of Topliss-reactive ketones (excluding diaryl/α,β-unsaturated/α-hetero) is 3. The van der Waals surface area contributed by atoms with Crippen LogP contribution in [0.4, 0.5) is 0 Å². The molecule has 366 valence electrons. The zero-order valence-electron chi connectivity index (χ0n) is 40.6. The maximum absolute atomic E-state index is 14.4. The normalized spacial score (nSPS) is 37.8. The molecule has 4 unspecified atom stereocenters. The average molecular weight is 914 g/mol.